The molecule has 0 unspecified atom stereocenters. The molecule has 0 spiro atoms. The predicted octanol–water partition coefficient (Wildman–Crippen LogP) is 1.01. The fourth-order valence-corrected chi connectivity index (χ4v) is 0.921. The lowest BCUT2D eigenvalue weighted by molar-refractivity contribution is 1.24. The molecule has 2 aromatic rings. The molecule has 3 heteroatoms. The number of hydrogen-bond acceptors (Lipinski definition) is 3. The highest BCUT2D eigenvalue weighted by molar-refractivity contribution is 5.77. The van der Waals surface area contributed by atoms with Crippen molar-refractivity contribution in [3.05, 3.63) is 30.5 Å². The van der Waals surface area contributed by atoms with E-state index in [1.165, 1.54) is 0 Å². The standard InChI is InChI=1S/C8H6N3/c9-8-10-5-6-3-1-2-4-7(6)11-8/h1-3,5H,(H2,9,10,11). The SMILES string of the molecule is Nc1ncc2ccc[c]c2n1. The molecule has 0 aliphatic heterocycles. The van der Waals surface area contributed by atoms with Gasteiger partial charge in [0.2, 0.25) is 5.95 Å². The minimum absolute atomic E-state index is 0.292. The average Bonchev–Trinajstić information content (AvgIpc) is 2.04. The van der Waals surface area contributed by atoms with Crippen LogP contribution in [0, 0.1) is 6.07 Å². The van der Waals surface area contributed by atoms with E-state index in [1.54, 1.807) is 12.3 Å². The Hall–Kier alpha value is -1.64. The summed E-state index contributed by atoms with van der Waals surface area (Å²) >= 11 is 0. The molecule has 1 heterocycles. The van der Waals surface area contributed by atoms with Crippen molar-refractivity contribution in [2.75, 3.05) is 5.73 Å². The van der Waals surface area contributed by atoms with E-state index in [0.717, 1.165) is 10.9 Å². The molecule has 1 aromatic carbocycles. The molecule has 0 aliphatic rings. The Kier molecular flexibility index (Phi) is 1.22. The highest BCUT2D eigenvalue weighted by Crippen LogP contribution is 2.08. The van der Waals surface area contributed by atoms with Gasteiger partial charge >= 0.3 is 0 Å². The molecule has 53 valence electrons. The second-order valence-electron chi connectivity index (χ2n) is 2.20. The van der Waals surface area contributed by atoms with Gasteiger partial charge in [0, 0.05) is 17.6 Å². The van der Waals surface area contributed by atoms with Crippen LogP contribution in [-0.4, -0.2) is 9.97 Å². The molecule has 0 fully saturated rings. The minimum Gasteiger partial charge on any atom is -0.368 e. The van der Waals surface area contributed by atoms with Crippen LogP contribution in [0.15, 0.2) is 24.4 Å². The van der Waals surface area contributed by atoms with Crippen molar-refractivity contribution in [1.29, 1.82) is 0 Å². The van der Waals surface area contributed by atoms with E-state index < -0.39 is 0 Å². The highest BCUT2D eigenvalue weighted by Gasteiger charge is 1.93. The normalized spacial score (nSPS) is 10.2. The first kappa shape index (κ1) is 6.09. The van der Waals surface area contributed by atoms with Crippen molar-refractivity contribution in [3.8, 4) is 0 Å². The van der Waals surface area contributed by atoms with Crippen LogP contribution in [-0.2, 0) is 0 Å². The summed E-state index contributed by atoms with van der Waals surface area (Å²) in [6.45, 7) is 0. The largest absolute Gasteiger partial charge is 0.368 e. The van der Waals surface area contributed by atoms with Crippen molar-refractivity contribution >= 4 is 16.9 Å². The molecule has 1 radical (unpaired) electrons. The smallest absolute Gasteiger partial charge is 0.220 e. The van der Waals surface area contributed by atoms with Crippen molar-refractivity contribution in [2.45, 2.75) is 0 Å². The quantitative estimate of drug-likeness (QED) is 0.600. The van der Waals surface area contributed by atoms with E-state index in [2.05, 4.69) is 16.0 Å². The van der Waals surface area contributed by atoms with Crippen molar-refractivity contribution in [3.63, 3.8) is 0 Å². The third kappa shape index (κ3) is 1.00. The predicted molar refractivity (Wildman–Crippen MR) is 42.8 cm³/mol. The molecule has 0 saturated heterocycles. The molecule has 11 heavy (non-hydrogen) atoms. The van der Waals surface area contributed by atoms with Gasteiger partial charge in [0.1, 0.15) is 0 Å². The Morgan fingerprint density at radius 2 is 2.36 bits per heavy atom. The molecular formula is C8H6N3. The second-order valence-corrected chi connectivity index (χ2v) is 2.20. The van der Waals surface area contributed by atoms with Gasteiger partial charge in [-0.25, -0.2) is 9.97 Å². The van der Waals surface area contributed by atoms with Gasteiger partial charge in [0.05, 0.1) is 5.52 Å². The first-order valence-corrected chi connectivity index (χ1v) is 3.25. The van der Waals surface area contributed by atoms with Crippen LogP contribution in [0.3, 0.4) is 0 Å². The van der Waals surface area contributed by atoms with E-state index in [4.69, 9.17) is 5.73 Å². The lowest BCUT2D eigenvalue weighted by Crippen LogP contribution is -1.93. The third-order valence-electron chi connectivity index (χ3n) is 1.43. The summed E-state index contributed by atoms with van der Waals surface area (Å²) in [5, 5.41) is 0.960. The number of fused-ring (bicyclic) bond motifs is 1. The first-order chi connectivity index (χ1) is 5.36. The van der Waals surface area contributed by atoms with Crippen molar-refractivity contribution in [1.82, 2.24) is 9.97 Å². The Bertz CT molecular complexity index is 384. The number of anilines is 1. The number of benzene rings is 1. The molecule has 0 atom stereocenters. The van der Waals surface area contributed by atoms with Crippen LogP contribution in [0.25, 0.3) is 10.9 Å². The van der Waals surface area contributed by atoms with Gasteiger partial charge in [-0.3, -0.25) is 0 Å². The number of nitrogen functional groups attached to an aromatic ring is 1. The average molecular weight is 144 g/mol. The summed E-state index contributed by atoms with van der Waals surface area (Å²) in [4.78, 5) is 7.84. The first-order valence-electron chi connectivity index (χ1n) is 3.25. The Morgan fingerprint density at radius 1 is 1.45 bits per heavy atom. The molecule has 1 aromatic heterocycles. The van der Waals surface area contributed by atoms with Gasteiger partial charge in [-0.05, 0) is 0 Å². The highest BCUT2D eigenvalue weighted by atomic mass is 15.0. The van der Waals surface area contributed by atoms with Crippen molar-refractivity contribution < 1.29 is 0 Å². The lowest BCUT2D eigenvalue weighted by atomic mass is 10.2. The number of rotatable bonds is 0. The molecular weight excluding hydrogens is 138 g/mol. The summed E-state index contributed by atoms with van der Waals surface area (Å²) in [5.41, 5.74) is 6.15. The van der Waals surface area contributed by atoms with E-state index >= 15 is 0 Å². The summed E-state index contributed by atoms with van der Waals surface area (Å²) < 4.78 is 0. The van der Waals surface area contributed by atoms with Gasteiger partial charge < -0.3 is 5.73 Å². The van der Waals surface area contributed by atoms with Gasteiger partial charge in [0.15, 0.2) is 0 Å². The van der Waals surface area contributed by atoms with Crippen molar-refractivity contribution in [2.24, 2.45) is 0 Å². The zero-order valence-corrected chi connectivity index (χ0v) is 5.78. The summed E-state index contributed by atoms with van der Waals surface area (Å²) in [5.74, 6) is 0.292. The maximum absolute atomic E-state index is 5.38. The van der Waals surface area contributed by atoms with E-state index in [9.17, 15) is 0 Å². The summed E-state index contributed by atoms with van der Waals surface area (Å²) in [6.07, 6.45) is 1.69. The summed E-state index contributed by atoms with van der Waals surface area (Å²) in [6, 6.07) is 8.57. The van der Waals surface area contributed by atoms with Crippen LogP contribution in [0.2, 0.25) is 0 Å². The Balaban J connectivity index is 2.83. The monoisotopic (exact) mass is 144 g/mol. The number of nitrogens with two attached hydrogens (primary N) is 1. The molecule has 0 bridgehead atoms. The van der Waals surface area contributed by atoms with Gasteiger partial charge in [-0.15, -0.1) is 0 Å². The molecule has 2 rings (SSSR count). The number of nitrogens with zero attached hydrogens (tertiary/aromatic N) is 2. The second kappa shape index (κ2) is 2.20. The maximum atomic E-state index is 5.38. The molecule has 0 amide bonds. The minimum atomic E-state index is 0.292. The van der Waals surface area contributed by atoms with Gasteiger partial charge in [-0.1, -0.05) is 18.2 Å². The van der Waals surface area contributed by atoms with Gasteiger partial charge in [0.25, 0.3) is 0 Å². The molecule has 2 N–H and O–H groups in total. The Morgan fingerprint density at radius 3 is 3.27 bits per heavy atom. The van der Waals surface area contributed by atoms with E-state index in [-0.39, 0.29) is 0 Å². The zero-order valence-electron chi connectivity index (χ0n) is 5.78. The zero-order chi connectivity index (χ0) is 7.68. The van der Waals surface area contributed by atoms with Crippen LogP contribution >= 0.6 is 0 Å². The topological polar surface area (TPSA) is 51.8 Å². The molecule has 0 saturated carbocycles. The Labute approximate surface area is 63.9 Å². The fraction of sp³-hybridized carbons (Fsp3) is 0. The lowest BCUT2D eigenvalue weighted by Gasteiger charge is -1.94. The number of para-hydroxylation sites is 1. The molecule has 0 aliphatic carbocycles. The third-order valence-corrected chi connectivity index (χ3v) is 1.43. The summed E-state index contributed by atoms with van der Waals surface area (Å²) in [7, 11) is 0. The van der Waals surface area contributed by atoms with Gasteiger partial charge in [-0.2, -0.15) is 0 Å². The fourth-order valence-electron chi connectivity index (χ4n) is 0.921. The maximum Gasteiger partial charge on any atom is 0.220 e. The van der Waals surface area contributed by atoms with Crippen LogP contribution in [0.1, 0.15) is 0 Å². The van der Waals surface area contributed by atoms with Crippen LogP contribution < -0.4 is 5.73 Å². The number of hydrogen-bond donors (Lipinski definition) is 1. The van der Waals surface area contributed by atoms with E-state index in [1.807, 2.05) is 12.1 Å². The van der Waals surface area contributed by atoms with E-state index in [0.29, 0.717) is 5.95 Å². The molecule has 3 nitrogen and oxygen atoms in total. The van der Waals surface area contributed by atoms with Crippen LogP contribution in [0.5, 0.6) is 0 Å². The van der Waals surface area contributed by atoms with Crippen LogP contribution in [0.4, 0.5) is 5.95 Å². The number of aromatic nitrogens is 2.